The number of alkyl halides is 6. The van der Waals surface area contributed by atoms with E-state index in [9.17, 15) is 26.3 Å². The summed E-state index contributed by atoms with van der Waals surface area (Å²) in [6, 6.07) is 0. The van der Waals surface area contributed by atoms with E-state index in [1.807, 2.05) is 0 Å². The van der Waals surface area contributed by atoms with E-state index in [0.717, 1.165) is 4.67 Å². The topological polar surface area (TPSA) is 21.7 Å². The Morgan fingerprint density at radius 2 is 1.22 bits per heavy atom. The van der Waals surface area contributed by atoms with Crippen LogP contribution in [0.25, 0.3) is 0 Å². The van der Waals surface area contributed by atoms with Crippen LogP contribution in [-0.4, -0.2) is 55.7 Å². The van der Waals surface area contributed by atoms with Crippen LogP contribution in [0.1, 0.15) is 0 Å². The van der Waals surface area contributed by atoms with Crippen molar-refractivity contribution in [1.29, 1.82) is 0 Å². The van der Waals surface area contributed by atoms with Crippen molar-refractivity contribution in [2.45, 2.75) is 12.4 Å². The average Bonchev–Trinajstić information content (AvgIpc) is 2.51. The molecule has 0 aromatic heterocycles. The molecule has 2 aliphatic heterocycles. The van der Waals surface area contributed by atoms with Crippen LogP contribution in [0.3, 0.4) is 0 Å². The van der Waals surface area contributed by atoms with E-state index in [1.54, 1.807) is 0 Å². The van der Waals surface area contributed by atoms with Crippen molar-refractivity contribution in [2.75, 3.05) is 38.6 Å². The molecule has 0 unspecified atom stereocenters. The molecule has 0 atom stereocenters. The van der Waals surface area contributed by atoms with E-state index >= 15 is 0 Å². The Hall–Kier alpha value is -0.110. The number of rotatable bonds is 2. The van der Waals surface area contributed by atoms with Crippen LogP contribution in [0.2, 0.25) is 0 Å². The first-order valence-electron chi connectivity index (χ1n) is 5.25. The zero-order valence-corrected chi connectivity index (χ0v) is 10.1. The van der Waals surface area contributed by atoms with Crippen molar-refractivity contribution in [3.8, 4) is 0 Å². The van der Waals surface area contributed by atoms with E-state index in [1.165, 1.54) is 0 Å². The number of halogens is 6. The average molecular weight is 299 g/mol. The summed E-state index contributed by atoms with van der Waals surface area (Å²) in [6.07, 6.45) is -12.8. The van der Waals surface area contributed by atoms with Gasteiger partial charge in [0.25, 0.3) is 0 Å². The molecular weight excluding hydrogens is 287 g/mol. The maximum atomic E-state index is 12.6. The van der Waals surface area contributed by atoms with Gasteiger partial charge in [0.2, 0.25) is 0 Å². The molecule has 0 spiro atoms. The minimum atomic E-state index is -4.82. The molecule has 2 fully saturated rings. The molecule has 2 aliphatic rings. The van der Waals surface area contributed by atoms with Gasteiger partial charge in [0, 0.05) is 0 Å². The van der Waals surface area contributed by atoms with Gasteiger partial charge in [-0.25, -0.2) is 0 Å². The molecule has 0 bridgehead atoms. The first-order valence-corrected chi connectivity index (χ1v) is 7.64. The summed E-state index contributed by atoms with van der Waals surface area (Å²) in [6.45, 7) is -0.179. The Labute approximate surface area is 99.2 Å². The van der Waals surface area contributed by atoms with Gasteiger partial charge in [-0.05, 0) is 0 Å². The van der Waals surface area contributed by atoms with Gasteiger partial charge in [-0.1, -0.05) is 0 Å². The van der Waals surface area contributed by atoms with Crippen molar-refractivity contribution in [3.63, 3.8) is 0 Å². The van der Waals surface area contributed by atoms with Gasteiger partial charge in [-0.15, -0.1) is 0 Å². The molecular formula is C8H12F6NO2P. The van der Waals surface area contributed by atoms with Crippen LogP contribution >= 0.6 is 7.21 Å². The molecule has 0 aromatic carbocycles. The molecule has 0 amide bonds. The Balaban J connectivity index is 2.39. The van der Waals surface area contributed by atoms with Crippen LogP contribution in [0, 0.1) is 0 Å². The fourth-order valence-corrected chi connectivity index (χ4v) is 7.35. The first-order chi connectivity index (χ1) is 8.05. The molecule has 0 aliphatic carbocycles. The Morgan fingerprint density at radius 3 is 1.56 bits per heavy atom. The molecule has 3 nitrogen and oxygen atoms in total. The molecule has 2 saturated heterocycles. The van der Waals surface area contributed by atoms with Crippen LogP contribution in [-0.2, 0) is 9.05 Å². The molecule has 0 radical (unpaired) electrons. The van der Waals surface area contributed by atoms with Gasteiger partial charge in [0.1, 0.15) is 0 Å². The monoisotopic (exact) mass is 299 g/mol. The zero-order valence-electron chi connectivity index (χ0n) is 9.22. The van der Waals surface area contributed by atoms with Gasteiger partial charge in [0.15, 0.2) is 0 Å². The molecule has 0 saturated carbocycles. The van der Waals surface area contributed by atoms with E-state index in [2.05, 4.69) is 0 Å². The molecule has 108 valence electrons. The van der Waals surface area contributed by atoms with Crippen molar-refractivity contribution in [2.24, 2.45) is 0 Å². The van der Waals surface area contributed by atoms with Crippen LogP contribution in [0.5, 0.6) is 0 Å². The number of hydrogen-bond acceptors (Lipinski definition) is 3. The van der Waals surface area contributed by atoms with Crippen LogP contribution in [0.4, 0.5) is 26.3 Å². The van der Waals surface area contributed by atoms with E-state index in [4.69, 9.17) is 9.05 Å². The fourth-order valence-electron chi connectivity index (χ4n) is 2.61. The van der Waals surface area contributed by atoms with E-state index in [0.29, 0.717) is 0 Å². The SMILES string of the molecule is FC(F)(F)CP12(CC(F)(F)F)OCCN1CCO2. The normalized spacial score (nSPS) is 29.8. The number of nitrogens with zero attached hydrogens (tertiary/aromatic N) is 1. The predicted octanol–water partition coefficient (Wildman–Crippen LogP) is 2.77. The zero-order chi connectivity index (χ0) is 13.7. The van der Waals surface area contributed by atoms with E-state index < -0.39 is 31.9 Å². The fraction of sp³-hybridized carbons (Fsp3) is 1.00. The molecule has 10 heteroatoms. The van der Waals surface area contributed by atoms with Crippen molar-refractivity contribution >= 4 is 7.21 Å². The van der Waals surface area contributed by atoms with Gasteiger partial charge in [-0.2, -0.15) is 0 Å². The molecule has 2 rings (SSSR count). The summed E-state index contributed by atoms with van der Waals surface area (Å²) in [5.41, 5.74) is 0. The standard InChI is InChI=1S/C8H12F6NO2P/c9-7(10,11)5-18(6-8(12,13)14)15(1-3-16-18)2-4-17-18/h1-6H2. The summed E-state index contributed by atoms with van der Waals surface area (Å²) in [5, 5.41) is 0. The third kappa shape index (κ3) is 2.45. The maximum absolute atomic E-state index is 12.6. The second kappa shape index (κ2) is 3.94. The van der Waals surface area contributed by atoms with E-state index in [-0.39, 0.29) is 26.3 Å². The first kappa shape index (κ1) is 14.3. The second-order valence-corrected chi connectivity index (χ2v) is 8.66. The summed E-state index contributed by atoms with van der Waals surface area (Å²) >= 11 is 0. The summed E-state index contributed by atoms with van der Waals surface area (Å²) in [7, 11) is -4.82. The molecule has 2 heterocycles. The Morgan fingerprint density at radius 1 is 0.833 bits per heavy atom. The third-order valence-corrected chi connectivity index (χ3v) is 8.24. The molecule has 18 heavy (non-hydrogen) atoms. The second-order valence-electron chi connectivity index (χ2n) is 4.43. The number of fused-ring (bicyclic) bond motifs is 1. The van der Waals surface area contributed by atoms with Gasteiger partial charge in [0.05, 0.1) is 0 Å². The molecule has 0 aromatic rings. The number of hydrogen-bond donors (Lipinski definition) is 0. The third-order valence-electron chi connectivity index (χ3n) is 3.08. The van der Waals surface area contributed by atoms with Crippen molar-refractivity contribution < 1.29 is 35.4 Å². The van der Waals surface area contributed by atoms with Gasteiger partial charge >= 0.3 is 98.2 Å². The van der Waals surface area contributed by atoms with Crippen LogP contribution in [0.15, 0.2) is 0 Å². The summed E-state index contributed by atoms with van der Waals surface area (Å²) in [5.74, 6) is 0. The van der Waals surface area contributed by atoms with Gasteiger partial charge in [-0.3, -0.25) is 0 Å². The van der Waals surface area contributed by atoms with Crippen molar-refractivity contribution in [1.82, 2.24) is 4.67 Å². The minimum absolute atomic E-state index is 0.0595. The Kier molecular flexibility index (Phi) is 3.13. The Bertz CT molecular complexity index is 313. The van der Waals surface area contributed by atoms with Crippen molar-refractivity contribution in [3.05, 3.63) is 0 Å². The van der Waals surface area contributed by atoms with Gasteiger partial charge < -0.3 is 0 Å². The summed E-state index contributed by atoms with van der Waals surface area (Å²) in [4.78, 5) is 0. The quantitative estimate of drug-likeness (QED) is 0.578. The predicted molar refractivity (Wildman–Crippen MR) is 52.2 cm³/mol. The summed E-state index contributed by atoms with van der Waals surface area (Å²) < 4.78 is 87.0. The molecule has 0 N–H and O–H groups in total. The van der Waals surface area contributed by atoms with Crippen LogP contribution < -0.4 is 0 Å².